The number of hydrogen-bond acceptors (Lipinski definition) is 6. The van der Waals surface area contributed by atoms with Crippen LogP contribution < -0.4 is 10.2 Å². The molecule has 2 amide bonds. The number of nitrogens with zero attached hydrogens (tertiary/aromatic N) is 1. The zero-order valence-corrected chi connectivity index (χ0v) is 16.0. The van der Waals surface area contributed by atoms with Crippen molar-refractivity contribution in [3.8, 4) is 0 Å². The number of carbonyl (C=O) groups is 4. The number of carbonyl (C=O) groups excluding carboxylic acids is 4. The number of methoxy groups -OCH3 is 2. The summed E-state index contributed by atoms with van der Waals surface area (Å²) in [6.45, 7) is 0.245. The standard InChI is InChI=1S/C21H20N2O6/c1-28-20(26)13-8-14(21(27)29-2)10-16(9-13)22-19(25)15-11-18(24)23(12-15)17-6-4-3-5-7-17/h3-10,15H,11-12H2,1-2H3,(H,22,25). The van der Waals surface area contributed by atoms with Gasteiger partial charge in [0.2, 0.25) is 11.8 Å². The minimum Gasteiger partial charge on any atom is -0.465 e. The van der Waals surface area contributed by atoms with Gasteiger partial charge in [-0.25, -0.2) is 9.59 Å². The Bertz CT molecular complexity index is 923. The molecule has 3 rings (SSSR count). The highest BCUT2D eigenvalue weighted by Crippen LogP contribution is 2.26. The number of rotatable bonds is 5. The van der Waals surface area contributed by atoms with Crippen molar-refractivity contribution in [2.45, 2.75) is 6.42 Å². The molecule has 0 radical (unpaired) electrons. The SMILES string of the molecule is COC(=O)c1cc(NC(=O)C2CC(=O)N(c3ccccc3)C2)cc(C(=O)OC)c1. The monoisotopic (exact) mass is 396 g/mol. The Kier molecular flexibility index (Phi) is 5.92. The van der Waals surface area contributed by atoms with Crippen LogP contribution in [0.15, 0.2) is 48.5 Å². The molecular weight excluding hydrogens is 376 g/mol. The number of nitrogens with one attached hydrogen (secondary N) is 1. The molecule has 1 atom stereocenters. The molecule has 150 valence electrons. The van der Waals surface area contributed by atoms with Gasteiger partial charge in [0.05, 0.1) is 31.3 Å². The van der Waals surface area contributed by atoms with Crippen LogP contribution in [0.4, 0.5) is 11.4 Å². The first-order valence-electron chi connectivity index (χ1n) is 8.91. The highest BCUT2D eigenvalue weighted by atomic mass is 16.5. The molecule has 0 spiro atoms. The molecule has 0 bridgehead atoms. The summed E-state index contributed by atoms with van der Waals surface area (Å²) in [6, 6.07) is 13.2. The molecular formula is C21H20N2O6. The van der Waals surface area contributed by atoms with Crippen molar-refractivity contribution in [1.29, 1.82) is 0 Å². The Morgan fingerprint density at radius 2 is 1.55 bits per heavy atom. The van der Waals surface area contributed by atoms with E-state index in [-0.39, 0.29) is 41.6 Å². The normalized spacial score (nSPS) is 15.7. The van der Waals surface area contributed by atoms with Gasteiger partial charge in [0.1, 0.15) is 0 Å². The average Bonchev–Trinajstić information content (AvgIpc) is 3.14. The maximum absolute atomic E-state index is 12.7. The summed E-state index contributed by atoms with van der Waals surface area (Å²) in [5.74, 6) is -2.40. The van der Waals surface area contributed by atoms with E-state index < -0.39 is 17.9 Å². The number of benzene rings is 2. The third-order valence-corrected chi connectivity index (χ3v) is 4.61. The molecule has 2 aromatic rings. The highest BCUT2D eigenvalue weighted by molar-refractivity contribution is 6.04. The van der Waals surface area contributed by atoms with Crippen molar-refractivity contribution in [3.05, 3.63) is 59.7 Å². The van der Waals surface area contributed by atoms with E-state index in [1.165, 1.54) is 32.4 Å². The largest absolute Gasteiger partial charge is 0.465 e. The fraction of sp³-hybridized carbons (Fsp3) is 0.238. The zero-order chi connectivity index (χ0) is 21.0. The molecule has 2 aromatic carbocycles. The number of amides is 2. The minimum absolute atomic E-state index is 0.0707. The number of para-hydroxylation sites is 1. The molecule has 8 nitrogen and oxygen atoms in total. The average molecular weight is 396 g/mol. The molecule has 8 heteroatoms. The first-order chi connectivity index (χ1) is 13.9. The Labute approximate surface area is 167 Å². The summed E-state index contributed by atoms with van der Waals surface area (Å²) in [7, 11) is 2.43. The number of hydrogen-bond donors (Lipinski definition) is 1. The molecule has 1 fully saturated rings. The number of esters is 2. The van der Waals surface area contributed by atoms with Crippen LogP contribution in [0.1, 0.15) is 27.1 Å². The molecule has 0 aliphatic carbocycles. The molecule has 1 heterocycles. The van der Waals surface area contributed by atoms with Crippen molar-refractivity contribution in [2.24, 2.45) is 5.92 Å². The summed E-state index contributed by atoms with van der Waals surface area (Å²) in [4.78, 5) is 50.4. The van der Waals surface area contributed by atoms with Crippen molar-refractivity contribution in [1.82, 2.24) is 0 Å². The quantitative estimate of drug-likeness (QED) is 0.778. The predicted octanol–water partition coefficient (Wildman–Crippen LogP) is 2.25. The molecule has 1 unspecified atom stereocenters. The van der Waals surface area contributed by atoms with Gasteiger partial charge in [-0.15, -0.1) is 0 Å². The third-order valence-electron chi connectivity index (χ3n) is 4.61. The maximum Gasteiger partial charge on any atom is 0.337 e. The van der Waals surface area contributed by atoms with E-state index in [1.807, 2.05) is 18.2 Å². The van der Waals surface area contributed by atoms with E-state index in [0.717, 1.165) is 5.69 Å². The second-order valence-corrected chi connectivity index (χ2v) is 6.51. The fourth-order valence-corrected chi connectivity index (χ4v) is 3.16. The molecule has 29 heavy (non-hydrogen) atoms. The van der Waals surface area contributed by atoms with Gasteiger partial charge in [-0.3, -0.25) is 9.59 Å². The zero-order valence-electron chi connectivity index (χ0n) is 16.0. The van der Waals surface area contributed by atoms with Crippen molar-refractivity contribution in [2.75, 3.05) is 31.0 Å². The van der Waals surface area contributed by atoms with Crippen molar-refractivity contribution in [3.63, 3.8) is 0 Å². The topological polar surface area (TPSA) is 102 Å². The minimum atomic E-state index is -0.655. The first-order valence-corrected chi connectivity index (χ1v) is 8.91. The summed E-state index contributed by atoms with van der Waals surface area (Å²) in [5.41, 5.74) is 1.16. The van der Waals surface area contributed by atoms with Gasteiger partial charge < -0.3 is 19.7 Å². The lowest BCUT2D eigenvalue weighted by Gasteiger charge is -2.16. The molecule has 1 aliphatic rings. The summed E-state index contributed by atoms with van der Waals surface area (Å²) < 4.78 is 9.37. The smallest absolute Gasteiger partial charge is 0.337 e. The Morgan fingerprint density at radius 1 is 0.966 bits per heavy atom. The van der Waals surface area contributed by atoms with E-state index in [1.54, 1.807) is 17.0 Å². The molecule has 1 N–H and O–H groups in total. The Hall–Kier alpha value is -3.68. The van der Waals surface area contributed by atoms with Gasteiger partial charge in [0, 0.05) is 24.3 Å². The second-order valence-electron chi connectivity index (χ2n) is 6.51. The van der Waals surface area contributed by atoms with Crippen LogP contribution in [0.25, 0.3) is 0 Å². The van der Waals surface area contributed by atoms with Crippen molar-refractivity contribution >= 4 is 35.1 Å². The van der Waals surface area contributed by atoms with Crippen LogP contribution in [-0.4, -0.2) is 44.5 Å². The summed E-state index contributed by atoms with van der Waals surface area (Å²) in [6.07, 6.45) is 0.0707. The van der Waals surface area contributed by atoms with Crippen LogP contribution in [0.5, 0.6) is 0 Å². The third kappa shape index (κ3) is 4.43. The Morgan fingerprint density at radius 3 is 2.10 bits per heavy atom. The summed E-state index contributed by atoms with van der Waals surface area (Å²) in [5, 5.41) is 2.68. The Balaban J connectivity index is 1.79. The van der Waals surface area contributed by atoms with E-state index in [9.17, 15) is 19.2 Å². The van der Waals surface area contributed by atoms with Crippen LogP contribution in [0.3, 0.4) is 0 Å². The van der Waals surface area contributed by atoms with Crippen molar-refractivity contribution < 1.29 is 28.7 Å². The van der Waals surface area contributed by atoms with Gasteiger partial charge in [0.25, 0.3) is 0 Å². The highest BCUT2D eigenvalue weighted by Gasteiger charge is 2.35. The van der Waals surface area contributed by atoms with E-state index in [4.69, 9.17) is 0 Å². The molecule has 0 saturated carbocycles. The summed E-state index contributed by atoms with van der Waals surface area (Å²) >= 11 is 0. The lowest BCUT2D eigenvalue weighted by Crippen LogP contribution is -2.28. The van der Waals surface area contributed by atoms with Crippen LogP contribution in [0.2, 0.25) is 0 Å². The number of anilines is 2. The van der Waals surface area contributed by atoms with Crippen LogP contribution in [0, 0.1) is 5.92 Å². The first kappa shape index (κ1) is 20.1. The fourth-order valence-electron chi connectivity index (χ4n) is 3.16. The van der Waals surface area contributed by atoms with Gasteiger partial charge >= 0.3 is 11.9 Å². The molecule has 0 aromatic heterocycles. The molecule has 1 saturated heterocycles. The van der Waals surface area contributed by atoms with Gasteiger partial charge in [-0.1, -0.05) is 18.2 Å². The number of ether oxygens (including phenoxy) is 2. The molecule has 1 aliphatic heterocycles. The van der Waals surface area contributed by atoms with Gasteiger partial charge in [-0.05, 0) is 30.3 Å². The predicted molar refractivity (Wildman–Crippen MR) is 105 cm³/mol. The van der Waals surface area contributed by atoms with Crippen LogP contribution in [-0.2, 0) is 19.1 Å². The van der Waals surface area contributed by atoms with Gasteiger partial charge in [0.15, 0.2) is 0 Å². The van der Waals surface area contributed by atoms with Gasteiger partial charge in [-0.2, -0.15) is 0 Å². The lowest BCUT2D eigenvalue weighted by atomic mass is 10.1. The van der Waals surface area contributed by atoms with Crippen LogP contribution >= 0.6 is 0 Å². The van der Waals surface area contributed by atoms with E-state index >= 15 is 0 Å². The van der Waals surface area contributed by atoms with E-state index in [2.05, 4.69) is 14.8 Å². The lowest BCUT2D eigenvalue weighted by molar-refractivity contribution is -0.122. The maximum atomic E-state index is 12.7. The van der Waals surface area contributed by atoms with E-state index in [0.29, 0.717) is 0 Å². The second kappa shape index (κ2) is 8.55.